The number of rotatable bonds is 5. The molecule has 0 aliphatic heterocycles. The summed E-state index contributed by atoms with van der Waals surface area (Å²) in [4.78, 5) is 0. The van der Waals surface area contributed by atoms with Gasteiger partial charge in [-0.1, -0.05) is 12.1 Å². The van der Waals surface area contributed by atoms with Gasteiger partial charge in [-0.2, -0.15) is 5.26 Å². The highest BCUT2D eigenvalue weighted by Crippen LogP contribution is 2.07. The molecule has 0 saturated carbocycles. The number of hydrogen-bond acceptors (Lipinski definition) is 4. The van der Waals surface area contributed by atoms with Crippen LogP contribution in [0, 0.1) is 11.3 Å². The zero-order valence-corrected chi connectivity index (χ0v) is 11.1. The third-order valence-corrected chi connectivity index (χ3v) is 4.58. The van der Waals surface area contributed by atoms with Crippen molar-refractivity contribution >= 4 is 20.6 Å². The van der Waals surface area contributed by atoms with Crippen LogP contribution < -0.4 is 0 Å². The number of nitrogens with zero attached hydrogens (tertiary/aromatic N) is 1. The van der Waals surface area contributed by atoms with E-state index in [-0.39, 0.29) is 17.3 Å². The first kappa shape index (κ1) is 13.9. The first-order valence-corrected chi connectivity index (χ1v) is 8.47. The summed E-state index contributed by atoms with van der Waals surface area (Å²) in [6, 6.07) is 8.84. The van der Waals surface area contributed by atoms with E-state index in [0.717, 1.165) is 11.8 Å². The number of hydrogen-bond donors (Lipinski definition) is 0. The smallest absolute Gasteiger partial charge is 0.148 e. The molecular formula is C11H13NO3S2. The maximum Gasteiger partial charge on any atom is 0.148 e. The van der Waals surface area contributed by atoms with Gasteiger partial charge in [0.25, 0.3) is 0 Å². The van der Waals surface area contributed by atoms with Crippen LogP contribution in [0.15, 0.2) is 24.3 Å². The van der Waals surface area contributed by atoms with E-state index in [0.29, 0.717) is 5.56 Å². The molecule has 1 rings (SSSR count). The molecule has 0 fully saturated rings. The van der Waals surface area contributed by atoms with E-state index in [1.54, 1.807) is 24.3 Å². The van der Waals surface area contributed by atoms with Crippen molar-refractivity contribution in [2.45, 2.75) is 5.75 Å². The highest BCUT2D eigenvalue weighted by molar-refractivity contribution is 7.92. The molecule has 0 aliphatic rings. The van der Waals surface area contributed by atoms with Crippen LogP contribution in [0.1, 0.15) is 11.1 Å². The molecule has 0 amide bonds. The van der Waals surface area contributed by atoms with Crippen LogP contribution in [-0.4, -0.2) is 30.4 Å². The third-order valence-electron chi connectivity index (χ3n) is 2.07. The van der Waals surface area contributed by atoms with Gasteiger partial charge in [-0.25, -0.2) is 8.42 Å². The standard InChI is InChI=1S/C11H13NO3S2/c1-17(14,15)6-5-16(13)9-11-4-2-3-10(7-11)8-12/h2-4,7H,5-6,9H2,1H3. The Balaban J connectivity index is 2.60. The molecule has 1 aromatic carbocycles. The second-order valence-electron chi connectivity index (χ2n) is 3.73. The van der Waals surface area contributed by atoms with E-state index < -0.39 is 20.6 Å². The summed E-state index contributed by atoms with van der Waals surface area (Å²) >= 11 is 0. The van der Waals surface area contributed by atoms with Gasteiger partial charge in [0.05, 0.1) is 17.4 Å². The summed E-state index contributed by atoms with van der Waals surface area (Å²) in [5.41, 5.74) is 1.30. The van der Waals surface area contributed by atoms with E-state index in [2.05, 4.69) is 0 Å². The minimum absolute atomic E-state index is 0.0719. The van der Waals surface area contributed by atoms with Crippen molar-refractivity contribution in [3.05, 3.63) is 35.4 Å². The maximum atomic E-state index is 11.6. The van der Waals surface area contributed by atoms with Crippen LogP contribution in [-0.2, 0) is 26.4 Å². The van der Waals surface area contributed by atoms with E-state index in [4.69, 9.17) is 5.26 Å². The normalized spacial score (nSPS) is 12.9. The van der Waals surface area contributed by atoms with Crippen molar-refractivity contribution in [2.75, 3.05) is 17.8 Å². The Morgan fingerprint density at radius 3 is 2.71 bits per heavy atom. The lowest BCUT2D eigenvalue weighted by atomic mass is 10.2. The Bertz CT molecular complexity index is 558. The van der Waals surface area contributed by atoms with Crippen molar-refractivity contribution in [2.24, 2.45) is 0 Å². The molecule has 0 radical (unpaired) electrons. The van der Waals surface area contributed by atoms with Crippen molar-refractivity contribution in [1.82, 2.24) is 0 Å². The summed E-state index contributed by atoms with van der Waals surface area (Å²) in [7, 11) is -4.29. The van der Waals surface area contributed by atoms with Crippen molar-refractivity contribution in [3.63, 3.8) is 0 Å². The molecular weight excluding hydrogens is 258 g/mol. The summed E-state index contributed by atoms with van der Waals surface area (Å²) in [5.74, 6) is 0.345. The predicted octanol–water partition coefficient (Wildman–Crippen LogP) is 0.852. The summed E-state index contributed by atoms with van der Waals surface area (Å²) in [5, 5.41) is 8.70. The number of benzene rings is 1. The van der Waals surface area contributed by atoms with E-state index in [1.807, 2.05) is 6.07 Å². The Morgan fingerprint density at radius 2 is 2.12 bits per heavy atom. The lowest BCUT2D eigenvalue weighted by Crippen LogP contribution is -2.12. The molecule has 0 aliphatic carbocycles. The van der Waals surface area contributed by atoms with Crippen LogP contribution in [0.4, 0.5) is 0 Å². The van der Waals surface area contributed by atoms with Crippen molar-refractivity contribution < 1.29 is 12.6 Å². The quantitative estimate of drug-likeness (QED) is 0.795. The Labute approximate surface area is 104 Å². The van der Waals surface area contributed by atoms with E-state index >= 15 is 0 Å². The summed E-state index contributed by atoms with van der Waals surface area (Å²) < 4.78 is 33.4. The van der Waals surface area contributed by atoms with Gasteiger partial charge in [0, 0.05) is 28.6 Å². The SMILES string of the molecule is CS(=O)(=O)CCS(=O)Cc1cccc(C#N)c1. The molecule has 17 heavy (non-hydrogen) atoms. The van der Waals surface area contributed by atoms with Crippen LogP contribution in [0.25, 0.3) is 0 Å². The largest absolute Gasteiger partial charge is 0.259 e. The molecule has 1 atom stereocenters. The molecule has 0 aromatic heterocycles. The van der Waals surface area contributed by atoms with Gasteiger partial charge >= 0.3 is 0 Å². The molecule has 1 unspecified atom stereocenters. The van der Waals surface area contributed by atoms with Gasteiger partial charge < -0.3 is 0 Å². The molecule has 0 saturated heterocycles. The number of sulfone groups is 1. The third kappa shape index (κ3) is 5.61. The topological polar surface area (TPSA) is 75.0 Å². The minimum Gasteiger partial charge on any atom is -0.259 e. The van der Waals surface area contributed by atoms with Crippen LogP contribution >= 0.6 is 0 Å². The first-order valence-electron chi connectivity index (χ1n) is 4.92. The Hall–Kier alpha value is -1.19. The zero-order valence-electron chi connectivity index (χ0n) is 9.42. The van der Waals surface area contributed by atoms with Crippen LogP contribution in [0.5, 0.6) is 0 Å². The highest BCUT2D eigenvalue weighted by atomic mass is 32.2. The molecule has 4 nitrogen and oxygen atoms in total. The lowest BCUT2D eigenvalue weighted by Gasteiger charge is -2.02. The Morgan fingerprint density at radius 1 is 1.41 bits per heavy atom. The van der Waals surface area contributed by atoms with Gasteiger partial charge in [-0.05, 0) is 17.7 Å². The molecule has 0 heterocycles. The molecule has 0 spiro atoms. The maximum absolute atomic E-state index is 11.6. The molecule has 92 valence electrons. The summed E-state index contributed by atoms with van der Waals surface area (Å²) in [6.45, 7) is 0. The fraction of sp³-hybridized carbons (Fsp3) is 0.364. The van der Waals surface area contributed by atoms with Crippen LogP contribution in [0.2, 0.25) is 0 Å². The molecule has 6 heteroatoms. The average Bonchev–Trinajstić information content (AvgIpc) is 2.26. The van der Waals surface area contributed by atoms with Crippen molar-refractivity contribution in [3.8, 4) is 6.07 Å². The van der Waals surface area contributed by atoms with Gasteiger partial charge in [-0.3, -0.25) is 4.21 Å². The molecule has 0 bridgehead atoms. The van der Waals surface area contributed by atoms with Gasteiger partial charge in [0.1, 0.15) is 9.84 Å². The Kier molecular flexibility index (Phi) is 4.85. The fourth-order valence-corrected chi connectivity index (χ4v) is 3.88. The molecule has 0 N–H and O–H groups in total. The molecule has 1 aromatic rings. The lowest BCUT2D eigenvalue weighted by molar-refractivity contribution is 0.602. The van der Waals surface area contributed by atoms with Crippen molar-refractivity contribution in [1.29, 1.82) is 5.26 Å². The van der Waals surface area contributed by atoms with Gasteiger partial charge in [-0.15, -0.1) is 0 Å². The second-order valence-corrected chi connectivity index (χ2v) is 7.57. The monoisotopic (exact) mass is 271 g/mol. The average molecular weight is 271 g/mol. The second kappa shape index (κ2) is 5.94. The fourth-order valence-electron chi connectivity index (χ4n) is 1.23. The van der Waals surface area contributed by atoms with Crippen LogP contribution in [0.3, 0.4) is 0 Å². The highest BCUT2D eigenvalue weighted by Gasteiger charge is 2.07. The first-order chi connectivity index (χ1) is 7.90. The van der Waals surface area contributed by atoms with Gasteiger partial charge in [0.15, 0.2) is 0 Å². The number of nitriles is 1. The van der Waals surface area contributed by atoms with Gasteiger partial charge in [0.2, 0.25) is 0 Å². The van der Waals surface area contributed by atoms with E-state index in [1.165, 1.54) is 0 Å². The zero-order chi connectivity index (χ0) is 12.9. The minimum atomic E-state index is -3.07. The van der Waals surface area contributed by atoms with E-state index in [9.17, 15) is 12.6 Å². The summed E-state index contributed by atoms with van der Waals surface area (Å²) in [6.07, 6.45) is 1.13. The predicted molar refractivity (Wildman–Crippen MR) is 67.6 cm³/mol.